The lowest BCUT2D eigenvalue weighted by Gasteiger charge is -2.08. The quantitative estimate of drug-likeness (QED) is 0.778. The Hall–Kier alpha value is -1.43. The van der Waals surface area contributed by atoms with Crippen molar-refractivity contribution in [1.29, 1.82) is 0 Å². The molecular formula is C8H9F2NO3. The molecule has 0 radical (unpaired) electrons. The Morgan fingerprint density at radius 3 is 2.64 bits per heavy atom. The molecule has 0 aromatic carbocycles. The highest BCUT2D eigenvalue weighted by atomic mass is 19.3. The summed E-state index contributed by atoms with van der Waals surface area (Å²) in [6, 6.07) is 1.01. The highest BCUT2D eigenvalue weighted by Gasteiger charge is 2.18. The summed E-state index contributed by atoms with van der Waals surface area (Å²) in [6.45, 7) is -0.437. The van der Waals surface area contributed by atoms with Gasteiger partial charge in [-0.05, 0) is 6.07 Å². The van der Waals surface area contributed by atoms with E-state index in [1.165, 1.54) is 7.11 Å². The number of nitrogens with zero attached hydrogens (tertiary/aromatic N) is 1. The Morgan fingerprint density at radius 1 is 1.57 bits per heavy atom. The van der Waals surface area contributed by atoms with E-state index in [2.05, 4.69) is 9.72 Å². The Balaban J connectivity index is 3.23. The van der Waals surface area contributed by atoms with Crippen LogP contribution in [0.15, 0.2) is 6.07 Å². The van der Waals surface area contributed by atoms with Gasteiger partial charge in [0.05, 0.1) is 13.7 Å². The number of aromatic hydroxyl groups is 1. The van der Waals surface area contributed by atoms with Crippen molar-refractivity contribution < 1.29 is 23.7 Å². The Labute approximate surface area is 78.8 Å². The molecule has 0 unspecified atom stereocenters. The van der Waals surface area contributed by atoms with Gasteiger partial charge in [-0.15, -0.1) is 0 Å². The Kier molecular flexibility index (Phi) is 3.19. The highest BCUT2D eigenvalue weighted by Crippen LogP contribution is 2.30. The average molecular weight is 205 g/mol. The molecule has 6 heteroatoms. The fourth-order valence-corrected chi connectivity index (χ4v) is 0.990. The third kappa shape index (κ3) is 1.90. The second kappa shape index (κ2) is 4.19. The van der Waals surface area contributed by atoms with Crippen molar-refractivity contribution in [3.8, 4) is 11.6 Å². The zero-order chi connectivity index (χ0) is 10.7. The molecule has 0 atom stereocenters. The minimum absolute atomic E-state index is 0.111. The minimum atomic E-state index is -2.88. The van der Waals surface area contributed by atoms with Gasteiger partial charge in [-0.2, -0.15) is 0 Å². The van der Waals surface area contributed by atoms with Crippen LogP contribution < -0.4 is 4.74 Å². The van der Waals surface area contributed by atoms with Crippen LogP contribution in [-0.4, -0.2) is 22.3 Å². The molecule has 0 aliphatic carbocycles. The summed E-state index contributed by atoms with van der Waals surface area (Å²) in [5, 5.41) is 17.9. The first kappa shape index (κ1) is 10.6. The van der Waals surface area contributed by atoms with E-state index in [4.69, 9.17) is 10.2 Å². The molecule has 4 nitrogen and oxygen atoms in total. The lowest BCUT2D eigenvalue weighted by atomic mass is 10.2. The van der Waals surface area contributed by atoms with E-state index in [0.29, 0.717) is 0 Å². The maximum atomic E-state index is 12.2. The summed E-state index contributed by atoms with van der Waals surface area (Å²) in [7, 11) is 1.24. The molecule has 78 valence electrons. The van der Waals surface area contributed by atoms with Crippen LogP contribution in [0.4, 0.5) is 8.78 Å². The number of aliphatic hydroxyl groups is 1. The van der Waals surface area contributed by atoms with Gasteiger partial charge in [-0.1, -0.05) is 0 Å². The molecule has 1 rings (SSSR count). The number of halogens is 2. The van der Waals surface area contributed by atoms with Gasteiger partial charge in [0.1, 0.15) is 5.75 Å². The SMILES string of the molecule is COc1nc(C(F)F)c(O)cc1CO. The zero-order valence-electron chi connectivity index (χ0n) is 7.37. The molecule has 0 amide bonds. The molecule has 1 aromatic rings. The highest BCUT2D eigenvalue weighted by molar-refractivity contribution is 5.38. The summed E-state index contributed by atoms with van der Waals surface area (Å²) in [6.07, 6.45) is -2.88. The van der Waals surface area contributed by atoms with E-state index in [1.807, 2.05) is 0 Å². The monoisotopic (exact) mass is 205 g/mol. The van der Waals surface area contributed by atoms with Gasteiger partial charge in [-0.3, -0.25) is 0 Å². The van der Waals surface area contributed by atoms with E-state index in [1.54, 1.807) is 0 Å². The molecular weight excluding hydrogens is 196 g/mol. The summed E-state index contributed by atoms with van der Waals surface area (Å²) in [5.41, 5.74) is -0.589. The molecule has 1 heterocycles. The van der Waals surface area contributed by atoms with Gasteiger partial charge in [0.2, 0.25) is 5.88 Å². The van der Waals surface area contributed by atoms with Crippen LogP contribution >= 0.6 is 0 Å². The van der Waals surface area contributed by atoms with E-state index in [-0.39, 0.29) is 11.4 Å². The average Bonchev–Trinajstić information content (AvgIpc) is 2.16. The van der Waals surface area contributed by atoms with Crippen molar-refractivity contribution in [3.63, 3.8) is 0 Å². The van der Waals surface area contributed by atoms with E-state index in [9.17, 15) is 8.78 Å². The Morgan fingerprint density at radius 2 is 2.21 bits per heavy atom. The number of aliphatic hydroxyl groups excluding tert-OH is 1. The predicted molar refractivity (Wildman–Crippen MR) is 43.3 cm³/mol. The summed E-state index contributed by atoms with van der Waals surface area (Å²) in [5.74, 6) is -0.759. The molecule has 0 aliphatic rings. The van der Waals surface area contributed by atoms with Gasteiger partial charge >= 0.3 is 0 Å². The largest absolute Gasteiger partial charge is 0.506 e. The zero-order valence-corrected chi connectivity index (χ0v) is 7.37. The van der Waals surface area contributed by atoms with E-state index < -0.39 is 24.5 Å². The first-order valence-electron chi connectivity index (χ1n) is 3.76. The lowest BCUT2D eigenvalue weighted by Crippen LogP contribution is -2.00. The van der Waals surface area contributed by atoms with Crippen molar-refractivity contribution in [3.05, 3.63) is 17.3 Å². The fourth-order valence-electron chi connectivity index (χ4n) is 0.990. The van der Waals surface area contributed by atoms with Gasteiger partial charge in [-0.25, -0.2) is 13.8 Å². The van der Waals surface area contributed by atoms with Crippen LogP contribution in [0.5, 0.6) is 11.6 Å². The molecule has 0 spiro atoms. The van der Waals surface area contributed by atoms with Crippen LogP contribution in [0.3, 0.4) is 0 Å². The number of rotatable bonds is 3. The smallest absolute Gasteiger partial charge is 0.284 e. The van der Waals surface area contributed by atoms with Crippen molar-refractivity contribution in [1.82, 2.24) is 4.98 Å². The predicted octanol–water partition coefficient (Wildman–Crippen LogP) is 1.23. The lowest BCUT2D eigenvalue weighted by molar-refractivity contribution is 0.140. The number of alkyl halides is 2. The first-order chi connectivity index (χ1) is 6.60. The van der Waals surface area contributed by atoms with Crippen LogP contribution in [-0.2, 0) is 6.61 Å². The van der Waals surface area contributed by atoms with E-state index in [0.717, 1.165) is 6.07 Å². The molecule has 0 bridgehead atoms. The maximum Gasteiger partial charge on any atom is 0.284 e. The van der Waals surface area contributed by atoms with Crippen LogP contribution in [0.2, 0.25) is 0 Å². The summed E-state index contributed by atoms with van der Waals surface area (Å²) >= 11 is 0. The normalized spacial score (nSPS) is 10.6. The van der Waals surface area contributed by atoms with Crippen LogP contribution in [0, 0.1) is 0 Å². The van der Waals surface area contributed by atoms with Crippen LogP contribution in [0.1, 0.15) is 17.7 Å². The minimum Gasteiger partial charge on any atom is -0.506 e. The molecule has 2 N–H and O–H groups in total. The molecule has 1 aromatic heterocycles. The topological polar surface area (TPSA) is 62.6 Å². The Bertz CT molecular complexity index is 331. The van der Waals surface area contributed by atoms with Crippen molar-refractivity contribution in [2.45, 2.75) is 13.0 Å². The maximum absolute atomic E-state index is 12.2. The first-order valence-corrected chi connectivity index (χ1v) is 3.76. The van der Waals surface area contributed by atoms with Gasteiger partial charge in [0.25, 0.3) is 6.43 Å². The third-order valence-corrected chi connectivity index (χ3v) is 1.64. The molecule has 0 saturated carbocycles. The van der Waals surface area contributed by atoms with Crippen molar-refractivity contribution >= 4 is 0 Å². The standard InChI is InChI=1S/C8H9F2NO3/c1-14-8-4(3-12)2-5(13)6(11-8)7(9)10/h2,7,12-13H,3H2,1H3. The van der Waals surface area contributed by atoms with Gasteiger partial charge < -0.3 is 14.9 Å². The van der Waals surface area contributed by atoms with Gasteiger partial charge in [0.15, 0.2) is 5.69 Å². The number of ether oxygens (including phenoxy) is 1. The number of hydrogen-bond donors (Lipinski definition) is 2. The second-order valence-electron chi connectivity index (χ2n) is 2.52. The van der Waals surface area contributed by atoms with E-state index >= 15 is 0 Å². The fraction of sp³-hybridized carbons (Fsp3) is 0.375. The third-order valence-electron chi connectivity index (χ3n) is 1.64. The second-order valence-corrected chi connectivity index (χ2v) is 2.52. The molecule has 0 fully saturated rings. The van der Waals surface area contributed by atoms with Crippen LogP contribution in [0.25, 0.3) is 0 Å². The molecule has 0 aliphatic heterocycles. The number of methoxy groups -OCH3 is 1. The molecule has 14 heavy (non-hydrogen) atoms. The molecule has 0 saturated heterocycles. The van der Waals surface area contributed by atoms with Crippen molar-refractivity contribution in [2.75, 3.05) is 7.11 Å². The summed E-state index contributed by atoms with van der Waals surface area (Å²) in [4.78, 5) is 3.38. The van der Waals surface area contributed by atoms with Gasteiger partial charge in [0, 0.05) is 5.56 Å². The number of pyridine rings is 1. The summed E-state index contributed by atoms with van der Waals surface area (Å²) < 4.78 is 29.1. The number of hydrogen-bond acceptors (Lipinski definition) is 4. The number of aromatic nitrogens is 1. The van der Waals surface area contributed by atoms with Crippen molar-refractivity contribution in [2.24, 2.45) is 0 Å².